The number of nitrogens with one attached hydrogen (secondary N) is 1. The Morgan fingerprint density at radius 1 is 1.30 bits per heavy atom. The van der Waals surface area contributed by atoms with Crippen molar-refractivity contribution in [1.29, 1.82) is 0 Å². The molecule has 0 saturated heterocycles. The third-order valence-electron chi connectivity index (χ3n) is 5.62. The van der Waals surface area contributed by atoms with Gasteiger partial charge in [-0.15, -0.1) is 11.3 Å². The Morgan fingerprint density at radius 3 is 2.40 bits per heavy atom. The fourth-order valence-corrected chi connectivity index (χ4v) is 5.85. The standard InChI is InChI=1S/C16H22N2OS/c1-10-18-14(9-20-10)8-17-15(19)16-5-11-2-12(6-16)4-13(3-11)7-16/h9,11-13H,2-8H2,1H3,(H,17,19). The average Bonchev–Trinajstić information content (AvgIpc) is 2.80. The van der Waals surface area contributed by atoms with Crippen molar-refractivity contribution >= 4 is 17.2 Å². The summed E-state index contributed by atoms with van der Waals surface area (Å²) in [5.74, 6) is 2.79. The van der Waals surface area contributed by atoms with E-state index < -0.39 is 0 Å². The van der Waals surface area contributed by atoms with Crippen LogP contribution in [0.5, 0.6) is 0 Å². The van der Waals surface area contributed by atoms with E-state index in [0.29, 0.717) is 12.5 Å². The van der Waals surface area contributed by atoms with Crippen LogP contribution >= 0.6 is 11.3 Å². The van der Waals surface area contributed by atoms with E-state index >= 15 is 0 Å². The molecule has 0 radical (unpaired) electrons. The van der Waals surface area contributed by atoms with Gasteiger partial charge < -0.3 is 5.32 Å². The van der Waals surface area contributed by atoms with E-state index in [4.69, 9.17) is 0 Å². The van der Waals surface area contributed by atoms with Crippen LogP contribution in [0.3, 0.4) is 0 Å². The van der Waals surface area contributed by atoms with Crippen molar-refractivity contribution in [3.05, 3.63) is 16.1 Å². The molecule has 5 rings (SSSR count). The van der Waals surface area contributed by atoms with Crippen LogP contribution in [0.15, 0.2) is 5.38 Å². The molecule has 4 aliphatic carbocycles. The van der Waals surface area contributed by atoms with Gasteiger partial charge in [0.2, 0.25) is 5.91 Å². The van der Waals surface area contributed by atoms with Gasteiger partial charge in [-0.1, -0.05) is 0 Å². The highest BCUT2D eigenvalue weighted by molar-refractivity contribution is 7.09. The first kappa shape index (κ1) is 12.8. The predicted molar refractivity (Wildman–Crippen MR) is 79.3 cm³/mol. The molecule has 1 amide bonds. The lowest BCUT2D eigenvalue weighted by Gasteiger charge is -2.55. The van der Waals surface area contributed by atoms with Gasteiger partial charge in [-0.2, -0.15) is 0 Å². The molecule has 1 N–H and O–H groups in total. The van der Waals surface area contributed by atoms with Crippen LogP contribution in [-0.4, -0.2) is 10.9 Å². The van der Waals surface area contributed by atoms with Crippen LogP contribution in [0.2, 0.25) is 0 Å². The second-order valence-corrected chi connectivity index (χ2v) is 8.30. The third kappa shape index (κ3) is 2.09. The van der Waals surface area contributed by atoms with Crippen molar-refractivity contribution in [3.8, 4) is 0 Å². The number of nitrogens with zero attached hydrogens (tertiary/aromatic N) is 1. The second kappa shape index (κ2) is 4.55. The fraction of sp³-hybridized carbons (Fsp3) is 0.750. The van der Waals surface area contributed by atoms with Gasteiger partial charge in [-0.3, -0.25) is 4.79 Å². The van der Waals surface area contributed by atoms with Crippen molar-refractivity contribution in [2.24, 2.45) is 23.2 Å². The predicted octanol–water partition coefficient (Wildman–Crippen LogP) is 3.28. The van der Waals surface area contributed by atoms with Gasteiger partial charge in [0, 0.05) is 10.8 Å². The van der Waals surface area contributed by atoms with Gasteiger partial charge >= 0.3 is 0 Å². The van der Waals surface area contributed by atoms with Crippen LogP contribution < -0.4 is 5.32 Å². The molecule has 0 aromatic carbocycles. The molecule has 4 aliphatic rings. The van der Waals surface area contributed by atoms with Crippen molar-refractivity contribution in [3.63, 3.8) is 0 Å². The molecule has 1 aromatic heterocycles. The fourth-order valence-electron chi connectivity index (χ4n) is 5.24. The summed E-state index contributed by atoms with van der Waals surface area (Å²) < 4.78 is 0. The van der Waals surface area contributed by atoms with E-state index in [0.717, 1.165) is 47.7 Å². The normalized spacial score (nSPS) is 38.1. The molecule has 4 saturated carbocycles. The summed E-state index contributed by atoms with van der Waals surface area (Å²) in [7, 11) is 0. The van der Waals surface area contributed by atoms with Gasteiger partial charge in [0.05, 0.1) is 17.2 Å². The minimum atomic E-state index is -0.0280. The summed E-state index contributed by atoms with van der Waals surface area (Å²) in [5.41, 5.74) is 0.977. The lowest BCUT2D eigenvalue weighted by molar-refractivity contribution is -0.146. The summed E-state index contributed by atoms with van der Waals surface area (Å²) in [6.07, 6.45) is 7.58. The van der Waals surface area contributed by atoms with E-state index in [1.807, 2.05) is 6.92 Å². The molecule has 20 heavy (non-hydrogen) atoms. The molecule has 3 nitrogen and oxygen atoms in total. The van der Waals surface area contributed by atoms with E-state index in [9.17, 15) is 4.79 Å². The zero-order chi connectivity index (χ0) is 13.7. The maximum absolute atomic E-state index is 12.7. The van der Waals surface area contributed by atoms with Gasteiger partial charge in [-0.25, -0.2) is 4.98 Å². The molecule has 0 unspecified atom stereocenters. The van der Waals surface area contributed by atoms with Gasteiger partial charge in [-0.05, 0) is 63.2 Å². The van der Waals surface area contributed by atoms with Gasteiger partial charge in [0.15, 0.2) is 0 Å². The number of aromatic nitrogens is 1. The summed E-state index contributed by atoms with van der Waals surface area (Å²) in [4.78, 5) is 17.2. The molecule has 0 atom stereocenters. The molecular weight excluding hydrogens is 268 g/mol. The SMILES string of the molecule is Cc1nc(CNC(=O)C23CC4CC(CC(C4)C2)C3)cs1. The van der Waals surface area contributed by atoms with Crippen LogP contribution in [0.25, 0.3) is 0 Å². The first-order chi connectivity index (χ1) is 9.63. The Balaban J connectivity index is 1.45. The van der Waals surface area contributed by atoms with E-state index in [1.165, 1.54) is 19.3 Å². The van der Waals surface area contributed by atoms with Crippen molar-refractivity contribution < 1.29 is 4.79 Å². The summed E-state index contributed by atoms with van der Waals surface area (Å²) in [6.45, 7) is 2.61. The Hall–Kier alpha value is -0.900. The average molecular weight is 290 g/mol. The largest absolute Gasteiger partial charge is 0.350 e. The van der Waals surface area contributed by atoms with Crippen LogP contribution in [0.1, 0.15) is 49.2 Å². The van der Waals surface area contributed by atoms with E-state index in [-0.39, 0.29) is 5.41 Å². The number of hydrogen-bond donors (Lipinski definition) is 1. The molecule has 108 valence electrons. The number of carbonyl (C=O) groups excluding carboxylic acids is 1. The number of amides is 1. The second-order valence-electron chi connectivity index (χ2n) is 7.24. The Morgan fingerprint density at radius 2 is 1.90 bits per heavy atom. The lowest BCUT2D eigenvalue weighted by Crippen LogP contribution is -2.53. The van der Waals surface area contributed by atoms with E-state index in [2.05, 4.69) is 15.7 Å². The molecule has 4 heteroatoms. The zero-order valence-electron chi connectivity index (χ0n) is 12.0. The smallest absolute Gasteiger partial charge is 0.226 e. The Kier molecular flexibility index (Phi) is 2.92. The number of hydrogen-bond acceptors (Lipinski definition) is 3. The Labute approximate surface area is 124 Å². The summed E-state index contributed by atoms with van der Waals surface area (Å²) in [5, 5.41) is 6.30. The summed E-state index contributed by atoms with van der Waals surface area (Å²) in [6, 6.07) is 0. The monoisotopic (exact) mass is 290 g/mol. The third-order valence-corrected chi connectivity index (χ3v) is 6.44. The van der Waals surface area contributed by atoms with Crippen LogP contribution in [0, 0.1) is 30.1 Å². The number of thiazole rings is 1. The Bertz CT molecular complexity index is 501. The zero-order valence-corrected chi connectivity index (χ0v) is 12.8. The molecule has 4 bridgehead atoms. The van der Waals surface area contributed by atoms with Crippen molar-refractivity contribution in [1.82, 2.24) is 10.3 Å². The van der Waals surface area contributed by atoms with Gasteiger partial charge in [0.1, 0.15) is 0 Å². The van der Waals surface area contributed by atoms with Crippen molar-refractivity contribution in [2.75, 3.05) is 0 Å². The number of aryl methyl sites for hydroxylation is 1. The molecule has 4 fully saturated rings. The maximum atomic E-state index is 12.7. The first-order valence-corrected chi connectivity index (χ1v) is 8.70. The molecular formula is C16H22N2OS. The number of carbonyl (C=O) groups is 1. The van der Waals surface area contributed by atoms with Crippen LogP contribution in [-0.2, 0) is 11.3 Å². The minimum absolute atomic E-state index is 0.0280. The van der Waals surface area contributed by atoms with E-state index in [1.54, 1.807) is 11.3 Å². The molecule has 1 aromatic rings. The number of rotatable bonds is 3. The minimum Gasteiger partial charge on any atom is -0.350 e. The maximum Gasteiger partial charge on any atom is 0.226 e. The topological polar surface area (TPSA) is 42.0 Å². The summed E-state index contributed by atoms with van der Waals surface area (Å²) >= 11 is 1.65. The molecule has 1 heterocycles. The highest BCUT2D eigenvalue weighted by Gasteiger charge is 2.54. The lowest BCUT2D eigenvalue weighted by atomic mass is 9.49. The highest BCUT2D eigenvalue weighted by atomic mass is 32.1. The van der Waals surface area contributed by atoms with Crippen molar-refractivity contribution in [2.45, 2.75) is 52.0 Å². The highest BCUT2D eigenvalue weighted by Crippen LogP contribution is 2.60. The van der Waals surface area contributed by atoms with Gasteiger partial charge in [0.25, 0.3) is 0 Å². The first-order valence-electron chi connectivity index (χ1n) is 7.82. The molecule has 0 aliphatic heterocycles. The molecule has 0 spiro atoms. The van der Waals surface area contributed by atoms with Crippen LogP contribution in [0.4, 0.5) is 0 Å². The quantitative estimate of drug-likeness (QED) is 0.928.